The highest BCUT2D eigenvalue weighted by molar-refractivity contribution is 6.34. The molecular weight excluding hydrogens is 288 g/mol. The minimum absolute atomic E-state index is 0.228. The monoisotopic (exact) mass is 312 g/mol. The van der Waals surface area contributed by atoms with Gasteiger partial charge in [0.25, 0.3) is 0 Å². The zero-order valence-corrected chi connectivity index (χ0v) is 13.8. The molecule has 4 nitrogen and oxygen atoms in total. The van der Waals surface area contributed by atoms with Gasteiger partial charge < -0.3 is 15.8 Å². The van der Waals surface area contributed by atoms with Gasteiger partial charge in [-0.25, -0.2) is 4.79 Å². The lowest BCUT2D eigenvalue weighted by Gasteiger charge is -2.19. The second-order valence-electron chi connectivity index (χ2n) is 5.31. The Morgan fingerprint density at radius 3 is 2.71 bits per heavy atom. The van der Waals surface area contributed by atoms with Crippen LogP contribution < -0.4 is 11.1 Å². The Labute approximate surface area is 132 Å². The number of hydrogen-bond acceptors (Lipinski definition) is 4. The van der Waals surface area contributed by atoms with E-state index < -0.39 is 5.97 Å². The van der Waals surface area contributed by atoms with Crippen LogP contribution in [0, 0.1) is 0 Å². The molecule has 5 heteroatoms. The molecule has 0 heterocycles. The van der Waals surface area contributed by atoms with Crippen molar-refractivity contribution in [3.63, 3.8) is 0 Å². The van der Waals surface area contributed by atoms with Crippen molar-refractivity contribution < 1.29 is 9.53 Å². The molecule has 0 fully saturated rings. The van der Waals surface area contributed by atoms with Gasteiger partial charge in [-0.3, -0.25) is 0 Å². The zero-order valence-electron chi connectivity index (χ0n) is 13.0. The van der Waals surface area contributed by atoms with Gasteiger partial charge in [0.2, 0.25) is 0 Å². The molecule has 0 aliphatic heterocycles. The lowest BCUT2D eigenvalue weighted by Crippen LogP contribution is -2.18. The molecule has 1 aromatic rings. The van der Waals surface area contributed by atoms with Crippen molar-refractivity contribution in [2.45, 2.75) is 52.0 Å². The maximum Gasteiger partial charge on any atom is 0.340 e. The highest BCUT2D eigenvalue weighted by Crippen LogP contribution is 2.30. The second kappa shape index (κ2) is 8.78. The highest BCUT2D eigenvalue weighted by Gasteiger charge is 2.17. The van der Waals surface area contributed by atoms with Gasteiger partial charge in [0.15, 0.2) is 0 Å². The predicted octanol–water partition coefficient (Wildman–Crippen LogP) is 4.48. The number of halogens is 1. The van der Waals surface area contributed by atoms with Gasteiger partial charge in [0.1, 0.15) is 0 Å². The molecule has 0 amide bonds. The number of ether oxygens (including phenoxy) is 1. The van der Waals surface area contributed by atoms with Gasteiger partial charge in [0.05, 0.1) is 23.4 Å². The fourth-order valence-electron chi connectivity index (χ4n) is 2.24. The normalized spacial score (nSPS) is 12.0. The van der Waals surface area contributed by atoms with Crippen LogP contribution in [0.4, 0.5) is 11.4 Å². The number of carbonyl (C=O) groups excluding carboxylic acids is 1. The molecule has 1 atom stereocenters. The molecule has 21 heavy (non-hydrogen) atoms. The fraction of sp³-hybridized carbons (Fsp3) is 0.562. The van der Waals surface area contributed by atoms with Crippen LogP contribution in [0.15, 0.2) is 12.1 Å². The molecule has 118 valence electrons. The van der Waals surface area contributed by atoms with Gasteiger partial charge in [0, 0.05) is 11.7 Å². The summed E-state index contributed by atoms with van der Waals surface area (Å²) < 4.78 is 4.79. The average Bonchev–Trinajstić information content (AvgIpc) is 2.45. The molecular formula is C16H25ClN2O2. The first-order valence-electron chi connectivity index (χ1n) is 7.43. The Morgan fingerprint density at radius 2 is 2.10 bits per heavy atom. The molecule has 0 aliphatic carbocycles. The smallest absolute Gasteiger partial charge is 0.340 e. The minimum Gasteiger partial charge on any atom is -0.465 e. The molecule has 0 saturated heterocycles. The van der Waals surface area contributed by atoms with Crippen LogP contribution >= 0.6 is 11.6 Å². The average molecular weight is 313 g/mol. The third-order valence-corrected chi connectivity index (χ3v) is 3.70. The summed E-state index contributed by atoms with van der Waals surface area (Å²) in [6, 6.07) is 3.45. The van der Waals surface area contributed by atoms with Crippen molar-refractivity contribution in [1.29, 1.82) is 0 Å². The minimum atomic E-state index is -0.440. The summed E-state index contributed by atoms with van der Waals surface area (Å²) in [6.45, 7) is 4.28. The van der Waals surface area contributed by atoms with Gasteiger partial charge in [-0.05, 0) is 25.5 Å². The summed E-state index contributed by atoms with van der Waals surface area (Å²) in [7, 11) is 1.34. The first kappa shape index (κ1) is 17.6. The largest absolute Gasteiger partial charge is 0.465 e. The van der Waals surface area contributed by atoms with E-state index >= 15 is 0 Å². The number of nitrogen functional groups attached to an aromatic ring is 1. The van der Waals surface area contributed by atoms with Gasteiger partial charge in [-0.15, -0.1) is 0 Å². The van der Waals surface area contributed by atoms with Crippen LogP contribution in [0.25, 0.3) is 0 Å². The Kier molecular flexibility index (Phi) is 7.37. The number of esters is 1. The van der Waals surface area contributed by atoms with E-state index in [1.165, 1.54) is 26.4 Å². The quantitative estimate of drug-likeness (QED) is 0.422. The summed E-state index contributed by atoms with van der Waals surface area (Å²) in [6.07, 6.45) is 5.88. The van der Waals surface area contributed by atoms with E-state index in [2.05, 4.69) is 19.2 Å². The number of anilines is 2. The van der Waals surface area contributed by atoms with Crippen LogP contribution in [0.3, 0.4) is 0 Å². The van der Waals surface area contributed by atoms with E-state index in [-0.39, 0.29) is 6.04 Å². The van der Waals surface area contributed by atoms with Crippen molar-refractivity contribution >= 4 is 28.9 Å². The van der Waals surface area contributed by atoms with Crippen molar-refractivity contribution in [3.8, 4) is 0 Å². The Morgan fingerprint density at radius 1 is 1.38 bits per heavy atom. The van der Waals surface area contributed by atoms with Crippen LogP contribution in [0.1, 0.15) is 56.3 Å². The summed E-state index contributed by atoms with van der Waals surface area (Å²) >= 11 is 6.21. The fourth-order valence-corrected chi connectivity index (χ4v) is 2.52. The van der Waals surface area contributed by atoms with Gasteiger partial charge >= 0.3 is 5.97 Å². The van der Waals surface area contributed by atoms with E-state index in [0.717, 1.165) is 12.8 Å². The molecule has 0 saturated carbocycles. The summed E-state index contributed by atoms with van der Waals surface area (Å²) in [5, 5.41) is 3.75. The van der Waals surface area contributed by atoms with E-state index in [4.69, 9.17) is 22.1 Å². The molecule has 0 bridgehead atoms. The van der Waals surface area contributed by atoms with E-state index in [9.17, 15) is 4.79 Å². The molecule has 1 unspecified atom stereocenters. The number of benzene rings is 1. The van der Waals surface area contributed by atoms with Crippen LogP contribution in [0.5, 0.6) is 0 Å². The SMILES string of the molecule is CCCCCCC(C)Nc1c(Cl)cc(N)cc1C(=O)OC. The second-order valence-corrected chi connectivity index (χ2v) is 5.72. The standard InChI is InChI=1S/C16H25ClN2O2/c1-4-5-6-7-8-11(2)19-15-13(16(20)21-3)9-12(18)10-14(15)17/h9-11,19H,4-8,18H2,1-3H3. The Balaban J connectivity index is 2.79. The third-order valence-electron chi connectivity index (χ3n) is 3.40. The number of nitrogens with two attached hydrogens (primary N) is 1. The summed E-state index contributed by atoms with van der Waals surface area (Å²) in [5.74, 6) is -0.440. The molecule has 0 aromatic heterocycles. The van der Waals surface area contributed by atoms with E-state index in [0.29, 0.717) is 22.0 Å². The third kappa shape index (κ3) is 5.46. The molecule has 1 rings (SSSR count). The number of nitrogens with one attached hydrogen (secondary N) is 1. The van der Waals surface area contributed by atoms with Crippen LogP contribution in [-0.4, -0.2) is 19.1 Å². The first-order chi connectivity index (χ1) is 9.99. The zero-order chi connectivity index (χ0) is 15.8. The van der Waals surface area contributed by atoms with Crippen LogP contribution in [-0.2, 0) is 4.74 Å². The Bertz CT molecular complexity index is 478. The topological polar surface area (TPSA) is 64.3 Å². The number of rotatable bonds is 8. The summed E-state index contributed by atoms with van der Waals surface area (Å²) in [5.41, 5.74) is 7.17. The van der Waals surface area contributed by atoms with Crippen LogP contribution in [0.2, 0.25) is 5.02 Å². The molecule has 3 N–H and O–H groups in total. The molecule has 1 aromatic carbocycles. The number of carbonyl (C=O) groups is 1. The van der Waals surface area contributed by atoms with Crippen molar-refractivity contribution in [2.24, 2.45) is 0 Å². The predicted molar refractivity (Wildman–Crippen MR) is 89.0 cm³/mol. The molecule has 0 radical (unpaired) electrons. The lowest BCUT2D eigenvalue weighted by atomic mass is 10.1. The van der Waals surface area contributed by atoms with Crippen molar-refractivity contribution in [1.82, 2.24) is 0 Å². The van der Waals surface area contributed by atoms with E-state index in [1.54, 1.807) is 12.1 Å². The number of unbranched alkanes of at least 4 members (excludes halogenated alkanes) is 3. The van der Waals surface area contributed by atoms with Gasteiger partial charge in [-0.1, -0.05) is 44.2 Å². The maximum atomic E-state index is 11.8. The van der Waals surface area contributed by atoms with Gasteiger partial charge in [-0.2, -0.15) is 0 Å². The van der Waals surface area contributed by atoms with Crippen molar-refractivity contribution in [2.75, 3.05) is 18.2 Å². The highest BCUT2D eigenvalue weighted by atomic mass is 35.5. The first-order valence-corrected chi connectivity index (χ1v) is 7.81. The van der Waals surface area contributed by atoms with E-state index in [1.807, 2.05) is 0 Å². The molecule has 0 aliphatic rings. The maximum absolute atomic E-state index is 11.8. The molecule has 0 spiro atoms. The van der Waals surface area contributed by atoms with Crippen molar-refractivity contribution in [3.05, 3.63) is 22.7 Å². The number of hydrogen-bond donors (Lipinski definition) is 2. The lowest BCUT2D eigenvalue weighted by molar-refractivity contribution is 0.0602. The number of methoxy groups -OCH3 is 1. The summed E-state index contributed by atoms with van der Waals surface area (Å²) in [4.78, 5) is 11.8. The Hall–Kier alpha value is -1.42.